The van der Waals surface area contributed by atoms with Crippen molar-refractivity contribution in [2.24, 2.45) is 5.41 Å². The zero-order valence-electron chi connectivity index (χ0n) is 8.86. The van der Waals surface area contributed by atoms with E-state index >= 15 is 0 Å². The predicted molar refractivity (Wildman–Crippen MR) is 60.1 cm³/mol. The van der Waals surface area contributed by atoms with Gasteiger partial charge in [0.25, 0.3) is 0 Å². The largest absolute Gasteiger partial charge is 0.302 e. The molecule has 2 rings (SSSR count). The molecule has 2 aliphatic rings. The van der Waals surface area contributed by atoms with Crippen molar-refractivity contribution in [3.63, 3.8) is 0 Å². The zero-order valence-corrected chi connectivity index (χ0v) is 9.67. The molecular weight excluding hydrogens is 178 g/mol. The molecule has 1 aliphatic carbocycles. The topological polar surface area (TPSA) is 12.0 Å². The maximum atomic E-state index is 3.71. The number of rotatable bonds is 0. The summed E-state index contributed by atoms with van der Waals surface area (Å²) in [7, 11) is 0. The fourth-order valence-corrected chi connectivity index (χ4v) is 3.87. The lowest BCUT2D eigenvalue weighted by Gasteiger charge is -2.28. The number of thioether (sulfide) groups is 1. The smallest absolute Gasteiger partial charge is 0.0646 e. The molecule has 1 saturated heterocycles. The average Bonchev–Trinajstić information content (AvgIpc) is 2.44. The van der Waals surface area contributed by atoms with Gasteiger partial charge in [-0.3, -0.25) is 0 Å². The zero-order chi connectivity index (χ0) is 9.36. The SMILES string of the molecule is CC1(C)CCCC2(CC1)NCCS2. The Balaban J connectivity index is 2.01. The van der Waals surface area contributed by atoms with E-state index in [0.717, 1.165) is 0 Å². The van der Waals surface area contributed by atoms with Crippen LogP contribution >= 0.6 is 11.8 Å². The van der Waals surface area contributed by atoms with E-state index in [2.05, 4.69) is 30.9 Å². The lowest BCUT2D eigenvalue weighted by molar-refractivity contribution is 0.308. The van der Waals surface area contributed by atoms with Gasteiger partial charge in [0.05, 0.1) is 4.87 Å². The van der Waals surface area contributed by atoms with Gasteiger partial charge < -0.3 is 5.32 Å². The van der Waals surface area contributed by atoms with Crippen molar-refractivity contribution in [1.82, 2.24) is 5.32 Å². The molecule has 0 aromatic rings. The number of hydrogen-bond donors (Lipinski definition) is 1. The van der Waals surface area contributed by atoms with Crippen LogP contribution in [-0.4, -0.2) is 17.2 Å². The summed E-state index contributed by atoms with van der Waals surface area (Å²) in [4.78, 5) is 0.480. The summed E-state index contributed by atoms with van der Waals surface area (Å²) in [5, 5.41) is 3.71. The Morgan fingerprint density at radius 2 is 1.92 bits per heavy atom. The van der Waals surface area contributed by atoms with E-state index in [1.54, 1.807) is 0 Å². The summed E-state index contributed by atoms with van der Waals surface area (Å²) in [5.41, 5.74) is 0.592. The van der Waals surface area contributed by atoms with E-state index in [4.69, 9.17) is 0 Å². The predicted octanol–water partition coefficient (Wildman–Crippen LogP) is 3.01. The highest BCUT2D eigenvalue weighted by Gasteiger charge is 2.37. The molecule has 1 unspecified atom stereocenters. The van der Waals surface area contributed by atoms with E-state index in [1.165, 1.54) is 44.4 Å². The highest BCUT2D eigenvalue weighted by atomic mass is 32.2. The van der Waals surface area contributed by atoms with Gasteiger partial charge in [-0.15, -0.1) is 11.8 Å². The third kappa shape index (κ3) is 2.21. The minimum atomic E-state index is 0.480. The quantitative estimate of drug-likeness (QED) is 0.643. The molecule has 1 nitrogen and oxygen atoms in total. The van der Waals surface area contributed by atoms with Crippen molar-refractivity contribution in [2.75, 3.05) is 12.3 Å². The molecule has 0 amide bonds. The van der Waals surface area contributed by atoms with Crippen LogP contribution in [-0.2, 0) is 0 Å². The monoisotopic (exact) mass is 199 g/mol. The van der Waals surface area contributed by atoms with Crippen LogP contribution in [0.1, 0.15) is 46.0 Å². The van der Waals surface area contributed by atoms with Gasteiger partial charge in [-0.05, 0) is 31.1 Å². The highest BCUT2D eigenvalue weighted by Crippen LogP contribution is 2.44. The molecule has 13 heavy (non-hydrogen) atoms. The summed E-state index contributed by atoms with van der Waals surface area (Å²) < 4.78 is 0. The van der Waals surface area contributed by atoms with Crippen LogP contribution in [0.2, 0.25) is 0 Å². The van der Waals surface area contributed by atoms with E-state index in [1.807, 2.05) is 0 Å². The van der Waals surface area contributed by atoms with Crippen LogP contribution in [0, 0.1) is 5.41 Å². The minimum Gasteiger partial charge on any atom is -0.302 e. The fraction of sp³-hybridized carbons (Fsp3) is 1.00. The number of nitrogens with one attached hydrogen (secondary N) is 1. The van der Waals surface area contributed by atoms with Gasteiger partial charge >= 0.3 is 0 Å². The maximum Gasteiger partial charge on any atom is 0.0646 e. The van der Waals surface area contributed by atoms with Crippen molar-refractivity contribution in [2.45, 2.75) is 50.8 Å². The molecule has 1 heterocycles. The summed E-state index contributed by atoms with van der Waals surface area (Å²) >= 11 is 2.17. The highest BCUT2D eigenvalue weighted by molar-refractivity contribution is 8.00. The molecule has 76 valence electrons. The molecule has 2 heteroatoms. The van der Waals surface area contributed by atoms with Crippen molar-refractivity contribution in [3.8, 4) is 0 Å². The first-order valence-electron chi connectivity index (χ1n) is 5.51. The first-order chi connectivity index (χ1) is 6.12. The Hall–Kier alpha value is 0.310. The van der Waals surface area contributed by atoms with Crippen LogP contribution in [0.5, 0.6) is 0 Å². The van der Waals surface area contributed by atoms with Crippen LogP contribution in [0.15, 0.2) is 0 Å². The summed E-state index contributed by atoms with van der Waals surface area (Å²) in [6.45, 7) is 6.07. The van der Waals surface area contributed by atoms with E-state index < -0.39 is 0 Å². The Bertz CT molecular complexity index is 183. The molecule has 1 saturated carbocycles. The first kappa shape index (κ1) is 9.85. The summed E-state index contributed by atoms with van der Waals surface area (Å²) in [5.74, 6) is 1.32. The van der Waals surface area contributed by atoms with Gasteiger partial charge in [0.15, 0.2) is 0 Å². The van der Waals surface area contributed by atoms with E-state index in [-0.39, 0.29) is 0 Å². The minimum absolute atomic E-state index is 0.480. The van der Waals surface area contributed by atoms with Gasteiger partial charge in [0, 0.05) is 12.3 Å². The normalized spacial score (nSPS) is 39.2. The van der Waals surface area contributed by atoms with Crippen LogP contribution in [0.3, 0.4) is 0 Å². The lowest BCUT2D eigenvalue weighted by atomic mass is 9.85. The second-order valence-corrected chi connectivity index (χ2v) is 6.77. The molecule has 0 bridgehead atoms. The van der Waals surface area contributed by atoms with Gasteiger partial charge in [0.2, 0.25) is 0 Å². The molecule has 1 N–H and O–H groups in total. The molecule has 0 aromatic heterocycles. The molecule has 1 atom stereocenters. The van der Waals surface area contributed by atoms with Crippen LogP contribution in [0.25, 0.3) is 0 Å². The van der Waals surface area contributed by atoms with Gasteiger partial charge in [0.1, 0.15) is 0 Å². The standard InChI is InChI=1S/C11H21NS/c1-10(2)4-3-5-11(7-6-10)12-8-9-13-11/h12H,3-9H2,1-2H3. The molecule has 2 fully saturated rings. The fourth-order valence-electron chi connectivity index (χ4n) is 2.54. The third-order valence-corrected chi connectivity index (χ3v) is 5.08. The van der Waals surface area contributed by atoms with Crippen LogP contribution in [0.4, 0.5) is 0 Å². The third-order valence-electron chi connectivity index (χ3n) is 3.57. The molecular formula is C11H21NS. The molecule has 0 radical (unpaired) electrons. The second kappa shape index (κ2) is 3.47. The van der Waals surface area contributed by atoms with Gasteiger partial charge in [-0.25, -0.2) is 0 Å². The lowest BCUT2D eigenvalue weighted by Crippen LogP contribution is -2.36. The van der Waals surface area contributed by atoms with Crippen molar-refractivity contribution in [1.29, 1.82) is 0 Å². The Morgan fingerprint density at radius 1 is 1.08 bits per heavy atom. The van der Waals surface area contributed by atoms with E-state index in [0.29, 0.717) is 10.3 Å². The number of hydrogen-bond acceptors (Lipinski definition) is 2. The van der Waals surface area contributed by atoms with Crippen molar-refractivity contribution >= 4 is 11.8 Å². The Kier molecular flexibility index (Phi) is 2.63. The Labute approximate surface area is 86.0 Å². The Morgan fingerprint density at radius 3 is 2.62 bits per heavy atom. The van der Waals surface area contributed by atoms with Crippen molar-refractivity contribution in [3.05, 3.63) is 0 Å². The first-order valence-corrected chi connectivity index (χ1v) is 6.50. The van der Waals surface area contributed by atoms with Gasteiger partial charge in [-0.1, -0.05) is 20.3 Å². The van der Waals surface area contributed by atoms with Gasteiger partial charge in [-0.2, -0.15) is 0 Å². The van der Waals surface area contributed by atoms with E-state index in [9.17, 15) is 0 Å². The van der Waals surface area contributed by atoms with Crippen molar-refractivity contribution < 1.29 is 0 Å². The molecule has 0 aromatic carbocycles. The maximum absolute atomic E-state index is 3.71. The summed E-state index contributed by atoms with van der Waals surface area (Å²) in [6.07, 6.45) is 6.99. The van der Waals surface area contributed by atoms with Crippen LogP contribution < -0.4 is 5.32 Å². The molecule has 1 spiro atoms. The second-order valence-electron chi connectivity index (χ2n) is 5.29. The molecule has 1 aliphatic heterocycles. The summed E-state index contributed by atoms with van der Waals surface area (Å²) in [6, 6.07) is 0. The average molecular weight is 199 g/mol.